The van der Waals surface area contributed by atoms with Gasteiger partial charge < -0.3 is 9.47 Å². The summed E-state index contributed by atoms with van der Waals surface area (Å²) in [6.45, 7) is 0. The molecule has 0 radical (unpaired) electrons. The Hall–Kier alpha value is -3.60. The fourth-order valence-electron chi connectivity index (χ4n) is 3.66. The molecule has 0 aliphatic heterocycles. The van der Waals surface area contributed by atoms with Crippen molar-refractivity contribution in [3.05, 3.63) is 117 Å². The van der Waals surface area contributed by atoms with Crippen LogP contribution in [0.1, 0.15) is 31.8 Å². The second kappa shape index (κ2) is 10.1. The van der Waals surface area contributed by atoms with Crippen molar-refractivity contribution in [3.63, 3.8) is 0 Å². The molecule has 6 heteroatoms. The molecule has 4 aromatic rings. The minimum absolute atomic E-state index is 0.159. The molecule has 0 heterocycles. The van der Waals surface area contributed by atoms with E-state index in [9.17, 15) is 9.59 Å². The van der Waals surface area contributed by atoms with Crippen LogP contribution in [0, 0.1) is 0 Å². The van der Waals surface area contributed by atoms with E-state index in [1.807, 2.05) is 0 Å². The molecule has 0 atom stereocenters. The van der Waals surface area contributed by atoms with E-state index >= 15 is 0 Å². The molecule has 4 rings (SSSR count). The molecular weight excluding hydrogens is 471 g/mol. The molecule has 0 saturated heterocycles. The lowest BCUT2D eigenvalue weighted by Gasteiger charge is -2.15. The number of carbonyl (C=O) groups excluding carboxylic acids is 2. The van der Waals surface area contributed by atoms with E-state index in [1.54, 1.807) is 99.1 Å². The topological polar surface area (TPSA) is 52.6 Å². The van der Waals surface area contributed by atoms with Crippen LogP contribution in [0.25, 0.3) is 11.1 Å². The number of ether oxygens (including phenoxy) is 2. The molecule has 0 spiro atoms. The highest BCUT2D eigenvalue weighted by atomic mass is 35.5. The standard InChI is InChI=1S/C28H20Cl2O4/c1-33-25-13-7-19(27(31)17-3-9-21(29)10-4-17)15-23(25)24-16-20(8-14-26(24)34-2)28(32)18-5-11-22(30)12-6-18/h3-16H,1-2H3. The first kappa shape index (κ1) is 23.6. The van der Waals surface area contributed by atoms with E-state index in [0.717, 1.165) is 0 Å². The van der Waals surface area contributed by atoms with Crippen LogP contribution in [0.4, 0.5) is 0 Å². The third kappa shape index (κ3) is 4.84. The van der Waals surface area contributed by atoms with Gasteiger partial charge in [-0.2, -0.15) is 0 Å². The van der Waals surface area contributed by atoms with Crippen molar-refractivity contribution in [2.45, 2.75) is 0 Å². The summed E-state index contributed by atoms with van der Waals surface area (Å²) in [7, 11) is 3.10. The molecule has 0 aliphatic rings. The molecule has 0 saturated carbocycles. The molecule has 0 unspecified atom stereocenters. The Kier molecular flexibility index (Phi) is 7.01. The summed E-state index contributed by atoms with van der Waals surface area (Å²) < 4.78 is 11.1. The van der Waals surface area contributed by atoms with Gasteiger partial charge in [0.05, 0.1) is 14.2 Å². The van der Waals surface area contributed by atoms with Crippen LogP contribution in [0.15, 0.2) is 84.9 Å². The first-order valence-corrected chi connectivity index (χ1v) is 11.1. The van der Waals surface area contributed by atoms with Gasteiger partial charge in [0, 0.05) is 43.4 Å². The number of hydrogen-bond donors (Lipinski definition) is 0. The van der Waals surface area contributed by atoms with Crippen molar-refractivity contribution in [1.82, 2.24) is 0 Å². The smallest absolute Gasteiger partial charge is 0.193 e. The van der Waals surface area contributed by atoms with Crippen LogP contribution in [0.3, 0.4) is 0 Å². The quantitative estimate of drug-likeness (QED) is 0.258. The maximum Gasteiger partial charge on any atom is 0.193 e. The van der Waals surface area contributed by atoms with Crippen LogP contribution in [-0.4, -0.2) is 25.8 Å². The van der Waals surface area contributed by atoms with Crippen molar-refractivity contribution in [2.24, 2.45) is 0 Å². The maximum absolute atomic E-state index is 13.1. The summed E-state index contributed by atoms with van der Waals surface area (Å²) in [4.78, 5) is 26.2. The third-order valence-corrected chi connectivity index (χ3v) is 5.93. The molecule has 4 aromatic carbocycles. The summed E-state index contributed by atoms with van der Waals surface area (Å²) in [5.74, 6) is 0.768. The molecule has 0 aliphatic carbocycles. The van der Waals surface area contributed by atoms with Crippen molar-refractivity contribution < 1.29 is 19.1 Å². The van der Waals surface area contributed by atoms with Gasteiger partial charge in [-0.3, -0.25) is 9.59 Å². The third-order valence-electron chi connectivity index (χ3n) is 5.43. The normalized spacial score (nSPS) is 10.6. The van der Waals surface area contributed by atoms with E-state index in [0.29, 0.717) is 54.9 Å². The lowest BCUT2D eigenvalue weighted by atomic mass is 9.94. The van der Waals surface area contributed by atoms with Gasteiger partial charge in [0.2, 0.25) is 0 Å². The largest absolute Gasteiger partial charge is 0.496 e. The highest BCUT2D eigenvalue weighted by Crippen LogP contribution is 2.38. The number of benzene rings is 4. The Bertz CT molecular complexity index is 1250. The summed E-state index contributed by atoms with van der Waals surface area (Å²) in [5.41, 5.74) is 3.22. The van der Waals surface area contributed by atoms with Gasteiger partial charge in [-0.15, -0.1) is 0 Å². The van der Waals surface area contributed by atoms with E-state index in [-0.39, 0.29) is 11.6 Å². The maximum atomic E-state index is 13.1. The monoisotopic (exact) mass is 490 g/mol. The molecule has 0 aromatic heterocycles. The van der Waals surface area contributed by atoms with Gasteiger partial charge in [0.25, 0.3) is 0 Å². The molecule has 4 nitrogen and oxygen atoms in total. The SMILES string of the molecule is COc1ccc(C(=O)c2ccc(Cl)cc2)cc1-c1cc(C(=O)c2ccc(Cl)cc2)ccc1OC. The summed E-state index contributed by atoms with van der Waals surface area (Å²) >= 11 is 11.9. The number of hydrogen-bond acceptors (Lipinski definition) is 4. The van der Waals surface area contributed by atoms with Gasteiger partial charge in [-0.05, 0) is 84.9 Å². The Labute approximate surface area is 207 Å². The van der Waals surface area contributed by atoms with Gasteiger partial charge in [-0.25, -0.2) is 0 Å². The van der Waals surface area contributed by atoms with Crippen LogP contribution in [0.2, 0.25) is 10.0 Å². The average Bonchev–Trinajstić information content (AvgIpc) is 2.88. The Balaban J connectivity index is 1.80. The van der Waals surface area contributed by atoms with E-state index in [2.05, 4.69) is 0 Å². The fourth-order valence-corrected chi connectivity index (χ4v) is 3.91. The van der Waals surface area contributed by atoms with Gasteiger partial charge in [0.1, 0.15) is 11.5 Å². The predicted molar refractivity (Wildman–Crippen MR) is 135 cm³/mol. The summed E-state index contributed by atoms with van der Waals surface area (Å²) in [6.07, 6.45) is 0. The van der Waals surface area contributed by atoms with Gasteiger partial charge in [-0.1, -0.05) is 23.2 Å². The Morgan fingerprint density at radius 3 is 1.18 bits per heavy atom. The highest BCUT2D eigenvalue weighted by Gasteiger charge is 2.19. The number of carbonyl (C=O) groups is 2. The summed E-state index contributed by atoms with van der Waals surface area (Å²) in [6, 6.07) is 23.8. The minimum Gasteiger partial charge on any atom is -0.496 e. The lowest BCUT2D eigenvalue weighted by molar-refractivity contribution is 0.103. The average molecular weight is 491 g/mol. The zero-order valence-corrected chi connectivity index (χ0v) is 20.0. The van der Waals surface area contributed by atoms with Crippen LogP contribution in [-0.2, 0) is 0 Å². The van der Waals surface area contributed by atoms with Crippen LogP contribution in [0.5, 0.6) is 11.5 Å². The van der Waals surface area contributed by atoms with Crippen LogP contribution < -0.4 is 9.47 Å². The van der Waals surface area contributed by atoms with Crippen molar-refractivity contribution >= 4 is 34.8 Å². The van der Waals surface area contributed by atoms with Crippen LogP contribution >= 0.6 is 23.2 Å². The predicted octanol–water partition coefficient (Wildman–Crippen LogP) is 7.14. The van der Waals surface area contributed by atoms with Crippen molar-refractivity contribution in [1.29, 1.82) is 0 Å². The van der Waals surface area contributed by atoms with E-state index in [1.165, 1.54) is 0 Å². The Morgan fingerprint density at radius 1 is 0.529 bits per heavy atom. The van der Waals surface area contributed by atoms with Gasteiger partial charge in [0.15, 0.2) is 11.6 Å². The molecule has 0 fully saturated rings. The van der Waals surface area contributed by atoms with E-state index < -0.39 is 0 Å². The number of methoxy groups -OCH3 is 2. The number of rotatable bonds is 7. The second-order valence-corrected chi connectivity index (χ2v) is 8.38. The fraction of sp³-hybridized carbons (Fsp3) is 0.0714. The first-order valence-electron chi connectivity index (χ1n) is 10.4. The molecule has 0 amide bonds. The highest BCUT2D eigenvalue weighted by molar-refractivity contribution is 6.31. The lowest BCUT2D eigenvalue weighted by Crippen LogP contribution is -2.04. The molecule has 0 N–H and O–H groups in total. The number of ketones is 2. The molecule has 170 valence electrons. The number of halogens is 2. The minimum atomic E-state index is -0.159. The zero-order valence-electron chi connectivity index (χ0n) is 18.5. The molecular formula is C28H20Cl2O4. The molecule has 0 bridgehead atoms. The zero-order chi connectivity index (χ0) is 24.2. The van der Waals surface area contributed by atoms with Crippen molar-refractivity contribution in [2.75, 3.05) is 14.2 Å². The van der Waals surface area contributed by atoms with Crippen molar-refractivity contribution in [3.8, 4) is 22.6 Å². The second-order valence-electron chi connectivity index (χ2n) is 7.50. The van der Waals surface area contributed by atoms with E-state index in [4.69, 9.17) is 32.7 Å². The molecule has 34 heavy (non-hydrogen) atoms. The Morgan fingerprint density at radius 2 is 0.853 bits per heavy atom. The summed E-state index contributed by atoms with van der Waals surface area (Å²) in [5, 5.41) is 1.11. The van der Waals surface area contributed by atoms with Gasteiger partial charge >= 0.3 is 0 Å². The first-order chi connectivity index (χ1) is 16.4.